The van der Waals surface area contributed by atoms with Gasteiger partial charge in [-0.1, -0.05) is 13.3 Å². The Morgan fingerprint density at radius 1 is 1.47 bits per heavy atom. The molecule has 1 aromatic rings. The molecular formula is C13H22N4. The van der Waals surface area contributed by atoms with Crippen molar-refractivity contribution in [3.8, 4) is 0 Å². The van der Waals surface area contributed by atoms with Gasteiger partial charge in [-0.2, -0.15) is 0 Å². The number of likely N-dealkylation sites (N-methyl/N-ethyl adjacent to an activating group) is 1. The van der Waals surface area contributed by atoms with Crippen LogP contribution >= 0.6 is 0 Å². The molecule has 17 heavy (non-hydrogen) atoms. The molecule has 0 aromatic carbocycles. The molecule has 1 unspecified atom stereocenters. The average molecular weight is 234 g/mol. The summed E-state index contributed by atoms with van der Waals surface area (Å²) in [7, 11) is 2.11. The van der Waals surface area contributed by atoms with E-state index in [1.165, 1.54) is 12.8 Å². The van der Waals surface area contributed by atoms with E-state index in [4.69, 9.17) is 0 Å². The quantitative estimate of drug-likeness (QED) is 0.840. The van der Waals surface area contributed by atoms with E-state index in [2.05, 4.69) is 40.2 Å². The first-order chi connectivity index (χ1) is 8.29. The minimum Gasteiger partial charge on any atom is -0.358 e. The number of hydrogen-bond donors (Lipinski definition) is 1. The Morgan fingerprint density at radius 2 is 2.35 bits per heavy atom. The van der Waals surface area contributed by atoms with Crippen LogP contribution in [0.25, 0.3) is 0 Å². The molecule has 94 valence electrons. The van der Waals surface area contributed by atoms with Crippen molar-refractivity contribution in [2.45, 2.75) is 38.6 Å². The maximum Gasteiger partial charge on any atom is 0.131 e. The van der Waals surface area contributed by atoms with Crippen LogP contribution in [0.2, 0.25) is 0 Å². The van der Waals surface area contributed by atoms with Gasteiger partial charge in [0.15, 0.2) is 0 Å². The van der Waals surface area contributed by atoms with E-state index in [0.29, 0.717) is 6.04 Å². The molecule has 0 saturated carbocycles. The van der Waals surface area contributed by atoms with Gasteiger partial charge in [-0.3, -0.25) is 0 Å². The van der Waals surface area contributed by atoms with E-state index < -0.39 is 0 Å². The van der Waals surface area contributed by atoms with E-state index >= 15 is 0 Å². The maximum atomic E-state index is 4.35. The summed E-state index contributed by atoms with van der Waals surface area (Å²) >= 11 is 0. The molecule has 1 aliphatic heterocycles. The van der Waals surface area contributed by atoms with Crippen LogP contribution in [0.15, 0.2) is 12.4 Å². The van der Waals surface area contributed by atoms with Gasteiger partial charge in [-0.15, -0.1) is 0 Å². The molecule has 4 nitrogen and oxygen atoms in total. The number of hydrogen-bond acceptors (Lipinski definition) is 4. The predicted octanol–water partition coefficient (Wildman–Crippen LogP) is 1.62. The summed E-state index contributed by atoms with van der Waals surface area (Å²) < 4.78 is 0. The molecule has 1 fully saturated rings. The molecule has 1 saturated heterocycles. The number of aromatic nitrogens is 2. The van der Waals surface area contributed by atoms with E-state index in [9.17, 15) is 0 Å². The Morgan fingerprint density at radius 3 is 3.06 bits per heavy atom. The molecule has 1 aromatic heterocycles. The minimum absolute atomic E-state index is 0.615. The van der Waals surface area contributed by atoms with Crippen LogP contribution in [0.1, 0.15) is 31.9 Å². The third kappa shape index (κ3) is 3.40. The Labute approximate surface area is 103 Å². The van der Waals surface area contributed by atoms with E-state index in [1.807, 2.05) is 0 Å². The fourth-order valence-electron chi connectivity index (χ4n) is 2.32. The van der Waals surface area contributed by atoms with Crippen LogP contribution in [0.3, 0.4) is 0 Å². The van der Waals surface area contributed by atoms with Crippen LogP contribution in [-0.4, -0.2) is 36.1 Å². The molecule has 1 aliphatic rings. The molecule has 4 heteroatoms. The number of nitrogens with one attached hydrogen (secondary N) is 1. The molecule has 0 aliphatic carbocycles. The molecule has 0 bridgehead atoms. The fraction of sp³-hybridized carbons (Fsp3) is 0.692. The van der Waals surface area contributed by atoms with Crippen molar-refractivity contribution in [3.05, 3.63) is 18.1 Å². The first-order valence-corrected chi connectivity index (χ1v) is 6.55. The summed E-state index contributed by atoms with van der Waals surface area (Å²) in [6.07, 6.45) is 6.41. The molecule has 2 heterocycles. The van der Waals surface area contributed by atoms with Crippen molar-refractivity contribution < 1.29 is 0 Å². The Hall–Kier alpha value is -1.16. The SMILES string of the molecule is CCCc1cc(N(C)CC2CCCN2)ncn1. The van der Waals surface area contributed by atoms with Gasteiger partial charge >= 0.3 is 0 Å². The highest BCUT2D eigenvalue weighted by Crippen LogP contribution is 2.13. The highest BCUT2D eigenvalue weighted by Gasteiger charge is 2.16. The lowest BCUT2D eigenvalue weighted by Gasteiger charge is -2.22. The summed E-state index contributed by atoms with van der Waals surface area (Å²) in [4.78, 5) is 10.9. The summed E-state index contributed by atoms with van der Waals surface area (Å²) in [5.41, 5.74) is 1.14. The van der Waals surface area contributed by atoms with Crippen molar-refractivity contribution in [1.29, 1.82) is 0 Å². The van der Waals surface area contributed by atoms with Crippen LogP contribution in [0.5, 0.6) is 0 Å². The van der Waals surface area contributed by atoms with Gasteiger partial charge in [0.1, 0.15) is 12.1 Å². The van der Waals surface area contributed by atoms with Gasteiger partial charge in [0.2, 0.25) is 0 Å². The lowest BCUT2D eigenvalue weighted by Crippen LogP contribution is -2.35. The number of nitrogens with zero attached hydrogens (tertiary/aromatic N) is 3. The summed E-state index contributed by atoms with van der Waals surface area (Å²) in [5.74, 6) is 1.04. The van der Waals surface area contributed by atoms with Gasteiger partial charge < -0.3 is 10.2 Å². The van der Waals surface area contributed by atoms with Crippen LogP contribution < -0.4 is 10.2 Å². The summed E-state index contributed by atoms with van der Waals surface area (Å²) in [6, 6.07) is 2.72. The number of rotatable bonds is 5. The summed E-state index contributed by atoms with van der Waals surface area (Å²) in [6.45, 7) is 4.36. The second-order valence-corrected chi connectivity index (χ2v) is 4.79. The highest BCUT2D eigenvalue weighted by atomic mass is 15.2. The number of aryl methyl sites for hydroxylation is 1. The topological polar surface area (TPSA) is 41.0 Å². The fourth-order valence-corrected chi connectivity index (χ4v) is 2.32. The number of anilines is 1. The second kappa shape index (κ2) is 5.96. The van der Waals surface area contributed by atoms with Crippen molar-refractivity contribution in [3.63, 3.8) is 0 Å². The first-order valence-electron chi connectivity index (χ1n) is 6.55. The highest BCUT2D eigenvalue weighted by molar-refractivity contribution is 5.38. The zero-order valence-corrected chi connectivity index (χ0v) is 10.8. The van der Waals surface area contributed by atoms with Gasteiger partial charge in [-0.05, 0) is 25.8 Å². The van der Waals surface area contributed by atoms with E-state index in [-0.39, 0.29) is 0 Å². The molecule has 0 spiro atoms. The smallest absolute Gasteiger partial charge is 0.131 e. The van der Waals surface area contributed by atoms with Crippen molar-refractivity contribution >= 4 is 5.82 Å². The Bertz CT molecular complexity index is 347. The third-order valence-corrected chi connectivity index (χ3v) is 3.26. The largest absolute Gasteiger partial charge is 0.358 e. The lowest BCUT2D eigenvalue weighted by atomic mass is 10.2. The monoisotopic (exact) mass is 234 g/mol. The molecule has 0 radical (unpaired) electrons. The zero-order chi connectivity index (χ0) is 12.1. The van der Waals surface area contributed by atoms with Gasteiger partial charge in [0.25, 0.3) is 0 Å². The maximum absolute atomic E-state index is 4.35. The molecule has 1 N–H and O–H groups in total. The van der Waals surface area contributed by atoms with E-state index in [1.54, 1.807) is 6.33 Å². The van der Waals surface area contributed by atoms with Crippen molar-refractivity contribution in [1.82, 2.24) is 15.3 Å². The van der Waals surface area contributed by atoms with Crippen LogP contribution in [-0.2, 0) is 6.42 Å². The van der Waals surface area contributed by atoms with Crippen LogP contribution in [0.4, 0.5) is 5.82 Å². The zero-order valence-electron chi connectivity index (χ0n) is 10.8. The Kier molecular flexibility index (Phi) is 4.31. The normalized spacial score (nSPS) is 19.5. The minimum atomic E-state index is 0.615. The van der Waals surface area contributed by atoms with Crippen molar-refractivity contribution in [2.24, 2.45) is 0 Å². The first kappa shape index (κ1) is 12.3. The average Bonchev–Trinajstić information content (AvgIpc) is 2.83. The van der Waals surface area contributed by atoms with Gasteiger partial charge in [-0.25, -0.2) is 9.97 Å². The molecule has 1 atom stereocenters. The molecular weight excluding hydrogens is 212 g/mol. The lowest BCUT2D eigenvalue weighted by molar-refractivity contribution is 0.597. The predicted molar refractivity (Wildman–Crippen MR) is 70.3 cm³/mol. The van der Waals surface area contributed by atoms with E-state index in [0.717, 1.165) is 37.4 Å². The van der Waals surface area contributed by atoms with Crippen LogP contribution in [0, 0.1) is 0 Å². The van der Waals surface area contributed by atoms with Gasteiger partial charge in [0.05, 0.1) is 0 Å². The third-order valence-electron chi connectivity index (χ3n) is 3.26. The standard InChI is InChI=1S/C13H22N4/c1-3-5-11-8-13(16-10-15-11)17(2)9-12-6-4-7-14-12/h8,10,12,14H,3-7,9H2,1-2H3. The Balaban J connectivity index is 1.97. The molecule has 0 amide bonds. The van der Waals surface area contributed by atoms with Gasteiger partial charge in [0, 0.05) is 31.4 Å². The van der Waals surface area contributed by atoms with Crippen molar-refractivity contribution in [2.75, 3.05) is 25.0 Å². The second-order valence-electron chi connectivity index (χ2n) is 4.79. The summed E-state index contributed by atoms with van der Waals surface area (Å²) in [5, 5.41) is 3.51. The molecule has 2 rings (SSSR count).